The quantitative estimate of drug-likeness (QED) is 0.0701. The molecule has 1 aliphatic heterocycles. The number of Topliss-reactive ketones (excluding diaryl/α,β-unsaturated/α-hetero) is 1. The molecule has 1 saturated heterocycles. The maximum absolute atomic E-state index is 13.6. The molecular weight excluding hydrogens is 577 g/mol. The molecule has 1 amide bonds. The molecule has 1 atom stereocenters. The maximum Gasteiger partial charge on any atom is 0.301 e. The highest BCUT2D eigenvalue weighted by atomic mass is 32.2. The van der Waals surface area contributed by atoms with E-state index in [-0.39, 0.29) is 16.3 Å². The fraction of sp³-hybridized carbons (Fsp3) is 0.226. The van der Waals surface area contributed by atoms with Crippen LogP contribution in [-0.2, 0) is 15.3 Å². The van der Waals surface area contributed by atoms with Gasteiger partial charge in [-0.3, -0.25) is 14.5 Å². The SMILES string of the molecule is CCOc1ccc(C2C(=C(O)c3ccc(F)cc3)C(=O)C(=O)N2c2nnc(SCc3ccc(C)cc3)s2)cc1OCC. The van der Waals surface area contributed by atoms with E-state index in [2.05, 4.69) is 10.2 Å². The Morgan fingerprint density at radius 1 is 0.976 bits per heavy atom. The number of ketones is 1. The van der Waals surface area contributed by atoms with Crippen LogP contribution in [0.25, 0.3) is 5.76 Å². The van der Waals surface area contributed by atoms with Gasteiger partial charge in [0.05, 0.1) is 24.8 Å². The molecule has 1 unspecified atom stereocenters. The number of rotatable bonds is 10. The van der Waals surface area contributed by atoms with Crippen molar-refractivity contribution in [1.82, 2.24) is 10.2 Å². The fourth-order valence-corrected chi connectivity index (χ4v) is 6.36. The Balaban J connectivity index is 1.57. The summed E-state index contributed by atoms with van der Waals surface area (Å²) in [5.41, 5.74) is 2.82. The van der Waals surface area contributed by atoms with E-state index in [0.717, 1.165) is 5.56 Å². The zero-order chi connectivity index (χ0) is 29.8. The van der Waals surface area contributed by atoms with Crippen LogP contribution in [0, 0.1) is 12.7 Å². The lowest BCUT2D eigenvalue weighted by Gasteiger charge is -2.23. The van der Waals surface area contributed by atoms with Crippen molar-refractivity contribution in [1.29, 1.82) is 0 Å². The Morgan fingerprint density at radius 2 is 1.67 bits per heavy atom. The van der Waals surface area contributed by atoms with E-state index >= 15 is 0 Å². The van der Waals surface area contributed by atoms with Crippen LogP contribution in [-0.4, -0.2) is 40.2 Å². The number of aryl methyl sites for hydroxylation is 1. The van der Waals surface area contributed by atoms with Crippen molar-refractivity contribution >= 4 is 45.7 Å². The van der Waals surface area contributed by atoms with Crippen LogP contribution < -0.4 is 14.4 Å². The Bertz CT molecular complexity index is 1640. The summed E-state index contributed by atoms with van der Waals surface area (Å²) in [5.74, 6) is -1.09. The van der Waals surface area contributed by atoms with Crippen molar-refractivity contribution in [2.45, 2.75) is 36.9 Å². The second kappa shape index (κ2) is 12.7. The summed E-state index contributed by atoms with van der Waals surface area (Å²) in [6.07, 6.45) is 0. The summed E-state index contributed by atoms with van der Waals surface area (Å²) in [7, 11) is 0. The molecule has 1 fully saturated rings. The first-order valence-electron chi connectivity index (χ1n) is 13.3. The zero-order valence-corrected chi connectivity index (χ0v) is 24.8. The summed E-state index contributed by atoms with van der Waals surface area (Å²) in [5, 5.41) is 20.0. The first-order valence-corrected chi connectivity index (χ1v) is 15.1. The lowest BCUT2D eigenvalue weighted by molar-refractivity contribution is -0.132. The molecule has 1 aromatic heterocycles. The number of nitrogens with zero attached hydrogens (tertiary/aromatic N) is 3. The number of aliphatic hydroxyl groups is 1. The van der Waals surface area contributed by atoms with E-state index in [9.17, 15) is 19.1 Å². The summed E-state index contributed by atoms with van der Waals surface area (Å²) < 4.78 is 25.7. The van der Waals surface area contributed by atoms with Gasteiger partial charge in [0, 0.05) is 11.3 Å². The number of amides is 1. The Morgan fingerprint density at radius 3 is 2.36 bits per heavy atom. The number of hydrogen-bond donors (Lipinski definition) is 1. The number of carbonyl (C=O) groups is 2. The molecule has 0 spiro atoms. The van der Waals surface area contributed by atoms with Gasteiger partial charge >= 0.3 is 5.91 Å². The van der Waals surface area contributed by atoms with E-state index in [1.165, 1.54) is 57.8 Å². The average Bonchev–Trinajstić information content (AvgIpc) is 3.56. The van der Waals surface area contributed by atoms with Crippen LogP contribution in [0.3, 0.4) is 0 Å². The minimum absolute atomic E-state index is 0.151. The van der Waals surface area contributed by atoms with Crippen molar-refractivity contribution < 1.29 is 28.6 Å². The third-order valence-corrected chi connectivity index (χ3v) is 8.66. The highest BCUT2D eigenvalue weighted by molar-refractivity contribution is 8.00. The fourth-order valence-electron chi connectivity index (χ4n) is 4.53. The predicted octanol–water partition coefficient (Wildman–Crippen LogP) is 6.70. The van der Waals surface area contributed by atoms with Crippen LogP contribution in [0.5, 0.6) is 11.5 Å². The smallest absolute Gasteiger partial charge is 0.301 e. The van der Waals surface area contributed by atoms with Gasteiger partial charge in [0.1, 0.15) is 11.6 Å². The van der Waals surface area contributed by atoms with Gasteiger partial charge < -0.3 is 14.6 Å². The Kier molecular flexibility index (Phi) is 8.89. The van der Waals surface area contributed by atoms with E-state index in [0.29, 0.717) is 40.4 Å². The number of halogens is 1. The molecule has 8 nitrogen and oxygen atoms in total. The van der Waals surface area contributed by atoms with E-state index in [4.69, 9.17) is 9.47 Å². The van der Waals surface area contributed by atoms with Crippen molar-refractivity contribution in [2.75, 3.05) is 18.1 Å². The number of ether oxygens (including phenoxy) is 2. The van der Waals surface area contributed by atoms with E-state index in [1.54, 1.807) is 18.2 Å². The van der Waals surface area contributed by atoms with Gasteiger partial charge in [-0.1, -0.05) is 59.0 Å². The molecule has 3 aromatic carbocycles. The van der Waals surface area contributed by atoms with Gasteiger partial charge in [0.2, 0.25) is 5.13 Å². The topological polar surface area (TPSA) is 102 Å². The number of thioether (sulfide) groups is 1. The average molecular weight is 606 g/mol. The third kappa shape index (κ3) is 6.02. The Hall–Kier alpha value is -4.22. The van der Waals surface area contributed by atoms with Crippen LogP contribution in [0.1, 0.15) is 42.1 Å². The Labute approximate surface area is 250 Å². The summed E-state index contributed by atoms with van der Waals surface area (Å²) in [6.45, 7) is 6.48. The number of aliphatic hydroxyl groups excluding tert-OH is 1. The van der Waals surface area contributed by atoms with Crippen molar-refractivity contribution in [3.05, 3.63) is 100 Å². The standard InChI is InChI=1S/C31H28FN3O5S2/c1-4-39-23-15-12-21(16-24(23)40-5-2)26-25(27(36)20-10-13-22(32)14-11-20)28(37)29(38)35(26)30-33-34-31(42-30)41-17-19-8-6-18(3)7-9-19/h6-16,26,36H,4-5,17H2,1-3H3. The molecule has 0 saturated carbocycles. The molecular formula is C31H28FN3O5S2. The largest absolute Gasteiger partial charge is 0.507 e. The third-order valence-electron chi connectivity index (χ3n) is 6.53. The predicted molar refractivity (Wildman–Crippen MR) is 161 cm³/mol. The highest BCUT2D eigenvalue weighted by Gasteiger charge is 2.48. The lowest BCUT2D eigenvalue weighted by Crippen LogP contribution is -2.29. The number of carbonyl (C=O) groups excluding carboxylic acids is 2. The number of aromatic nitrogens is 2. The van der Waals surface area contributed by atoms with Gasteiger partial charge in [0.25, 0.3) is 5.78 Å². The second-order valence-corrected chi connectivity index (χ2v) is 11.6. The molecule has 2 heterocycles. The first-order chi connectivity index (χ1) is 20.3. The van der Waals surface area contributed by atoms with Gasteiger partial charge in [0.15, 0.2) is 15.8 Å². The van der Waals surface area contributed by atoms with Crippen molar-refractivity contribution in [3.63, 3.8) is 0 Å². The summed E-state index contributed by atoms with van der Waals surface area (Å²) >= 11 is 2.65. The first kappa shape index (κ1) is 29.3. The van der Waals surface area contributed by atoms with Crippen molar-refractivity contribution in [2.24, 2.45) is 0 Å². The highest BCUT2D eigenvalue weighted by Crippen LogP contribution is 2.45. The molecule has 5 rings (SSSR count). The molecule has 1 aliphatic rings. The summed E-state index contributed by atoms with van der Waals surface area (Å²) in [6, 6.07) is 17.3. The van der Waals surface area contributed by atoms with Crippen LogP contribution in [0.2, 0.25) is 0 Å². The minimum atomic E-state index is -1.05. The molecule has 1 N–H and O–H groups in total. The number of benzene rings is 3. The number of hydrogen-bond acceptors (Lipinski definition) is 9. The van der Waals surface area contributed by atoms with Gasteiger partial charge in [-0.2, -0.15) is 0 Å². The molecule has 0 radical (unpaired) electrons. The summed E-state index contributed by atoms with van der Waals surface area (Å²) in [4.78, 5) is 28.3. The monoisotopic (exact) mass is 605 g/mol. The van der Waals surface area contributed by atoms with Crippen LogP contribution >= 0.6 is 23.1 Å². The van der Waals surface area contributed by atoms with Gasteiger partial charge in [-0.15, -0.1) is 10.2 Å². The molecule has 4 aromatic rings. The molecule has 0 bridgehead atoms. The van der Waals surface area contributed by atoms with E-state index < -0.39 is 29.3 Å². The maximum atomic E-state index is 13.6. The molecule has 216 valence electrons. The normalized spacial score (nSPS) is 16.2. The van der Waals surface area contributed by atoms with Crippen LogP contribution in [0.4, 0.5) is 9.52 Å². The van der Waals surface area contributed by atoms with Crippen LogP contribution in [0.15, 0.2) is 76.6 Å². The number of anilines is 1. The molecule has 11 heteroatoms. The molecule has 0 aliphatic carbocycles. The van der Waals surface area contributed by atoms with Gasteiger partial charge in [-0.25, -0.2) is 4.39 Å². The van der Waals surface area contributed by atoms with Gasteiger partial charge in [-0.05, 0) is 68.3 Å². The second-order valence-electron chi connectivity index (χ2n) is 9.37. The lowest BCUT2D eigenvalue weighted by atomic mass is 9.95. The molecule has 42 heavy (non-hydrogen) atoms. The van der Waals surface area contributed by atoms with Crippen molar-refractivity contribution in [3.8, 4) is 11.5 Å². The van der Waals surface area contributed by atoms with E-state index in [1.807, 2.05) is 45.0 Å². The zero-order valence-electron chi connectivity index (χ0n) is 23.2. The minimum Gasteiger partial charge on any atom is -0.507 e.